The van der Waals surface area contributed by atoms with E-state index in [9.17, 15) is 13.2 Å². The maximum atomic E-state index is 13.0. The van der Waals surface area contributed by atoms with Crippen molar-refractivity contribution < 1.29 is 13.2 Å². The molecule has 3 rings (SSSR count). The average Bonchev–Trinajstić information content (AvgIpc) is 2.97. The minimum Gasteiger partial charge on any atom is -0.329 e. The van der Waals surface area contributed by atoms with Crippen molar-refractivity contribution in [1.82, 2.24) is 19.9 Å². The van der Waals surface area contributed by atoms with Gasteiger partial charge in [0.15, 0.2) is 5.82 Å². The van der Waals surface area contributed by atoms with E-state index >= 15 is 0 Å². The van der Waals surface area contributed by atoms with Crippen LogP contribution in [0.15, 0.2) is 24.7 Å². The van der Waals surface area contributed by atoms with E-state index < -0.39 is 12.2 Å². The summed E-state index contributed by atoms with van der Waals surface area (Å²) in [6.07, 6.45) is 0.835. The molecule has 0 spiro atoms. The molecule has 1 aliphatic rings. The van der Waals surface area contributed by atoms with Crippen LogP contribution in [0, 0.1) is 6.92 Å². The third kappa shape index (κ3) is 2.86. The van der Waals surface area contributed by atoms with Gasteiger partial charge in [-0.2, -0.15) is 13.2 Å². The van der Waals surface area contributed by atoms with Crippen LogP contribution in [0.4, 0.5) is 19.1 Å². The Hall–Kier alpha value is -2.25. The van der Waals surface area contributed by atoms with Gasteiger partial charge in [0.2, 0.25) is 5.95 Å². The number of rotatable bonds is 2. The van der Waals surface area contributed by atoms with Crippen molar-refractivity contribution >= 4 is 5.95 Å². The van der Waals surface area contributed by atoms with Crippen molar-refractivity contribution in [2.24, 2.45) is 0 Å². The quantitative estimate of drug-likeness (QED) is 0.854. The smallest absolute Gasteiger partial charge is 0.329 e. The van der Waals surface area contributed by atoms with Crippen molar-refractivity contribution in [3.05, 3.63) is 30.4 Å². The molecule has 3 heterocycles. The summed E-state index contributed by atoms with van der Waals surface area (Å²) in [7, 11) is 0. The molecule has 0 radical (unpaired) electrons. The normalized spacial score (nSPS) is 18.7. The lowest BCUT2D eigenvalue weighted by Crippen LogP contribution is -2.42. The minimum absolute atomic E-state index is 0.0790. The Kier molecular flexibility index (Phi) is 3.67. The Morgan fingerprint density at radius 2 is 1.91 bits per heavy atom. The fourth-order valence-electron chi connectivity index (χ4n) is 2.52. The van der Waals surface area contributed by atoms with Gasteiger partial charge in [-0.1, -0.05) is 0 Å². The van der Waals surface area contributed by atoms with E-state index in [1.165, 1.54) is 17.3 Å². The van der Waals surface area contributed by atoms with Crippen LogP contribution in [0.25, 0.3) is 11.4 Å². The SMILES string of the molecule is Cc1ccnc(-c2cnc(N3CCCC3C(F)(F)F)nc2)n1. The number of hydrogen-bond acceptors (Lipinski definition) is 5. The molecule has 0 saturated carbocycles. The van der Waals surface area contributed by atoms with Crippen LogP contribution in [0.1, 0.15) is 18.5 Å². The summed E-state index contributed by atoms with van der Waals surface area (Å²) in [4.78, 5) is 17.7. The summed E-state index contributed by atoms with van der Waals surface area (Å²) < 4.78 is 38.9. The second-order valence-electron chi connectivity index (χ2n) is 5.19. The zero-order chi connectivity index (χ0) is 15.7. The number of nitrogens with zero attached hydrogens (tertiary/aromatic N) is 5. The second-order valence-corrected chi connectivity index (χ2v) is 5.19. The van der Waals surface area contributed by atoms with Gasteiger partial charge in [0, 0.05) is 30.8 Å². The number of aryl methyl sites for hydroxylation is 1. The highest BCUT2D eigenvalue weighted by Crippen LogP contribution is 2.34. The molecule has 0 amide bonds. The molecule has 0 aliphatic carbocycles. The van der Waals surface area contributed by atoms with Crippen LogP contribution in [0.5, 0.6) is 0 Å². The molecule has 22 heavy (non-hydrogen) atoms. The first-order valence-corrected chi connectivity index (χ1v) is 6.90. The molecule has 2 aromatic rings. The van der Waals surface area contributed by atoms with Gasteiger partial charge in [0.1, 0.15) is 6.04 Å². The lowest BCUT2D eigenvalue weighted by atomic mass is 10.2. The molecule has 5 nitrogen and oxygen atoms in total. The molecule has 0 N–H and O–H groups in total. The highest BCUT2D eigenvalue weighted by Gasteiger charge is 2.46. The van der Waals surface area contributed by atoms with Crippen molar-refractivity contribution in [3.63, 3.8) is 0 Å². The Bertz CT molecular complexity index is 656. The minimum atomic E-state index is -4.27. The molecule has 0 bridgehead atoms. The Balaban J connectivity index is 1.85. The van der Waals surface area contributed by atoms with Crippen molar-refractivity contribution in [1.29, 1.82) is 0 Å². The number of halogens is 3. The Morgan fingerprint density at radius 1 is 1.18 bits per heavy atom. The molecule has 2 aromatic heterocycles. The molecule has 1 saturated heterocycles. The van der Waals surface area contributed by atoms with Gasteiger partial charge in [0.25, 0.3) is 0 Å². The summed E-state index contributed by atoms with van der Waals surface area (Å²) in [5.41, 5.74) is 1.38. The summed E-state index contributed by atoms with van der Waals surface area (Å²) in [5.74, 6) is 0.552. The summed E-state index contributed by atoms with van der Waals surface area (Å²) >= 11 is 0. The largest absolute Gasteiger partial charge is 0.408 e. The van der Waals surface area contributed by atoms with Crippen LogP contribution in [0.2, 0.25) is 0 Å². The second kappa shape index (κ2) is 5.51. The number of hydrogen-bond donors (Lipinski definition) is 0. The van der Waals surface area contributed by atoms with Gasteiger partial charge < -0.3 is 4.90 Å². The summed E-state index contributed by atoms with van der Waals surface area (Å²) in [6, 6.07) is 0.255. The molecular weight excluding hydrogens is 295 g/mol. The van der Waals surface area contributed by atoms with E-state index in [0.29, 0.717) is 24.4 Å². The predicted molar refractivity (Wildman–Crippen MR) is 74.2 cm³/mol. The van der Waals surface area contributed by atoms with Gasteiger partial charge in [-0.15, -0.1) is 0 Å². The maximum Gasteiger partial charge on any atom is 0.408 e. The van der Waals surface area contributed by atoms with Crippen LogP contribution in [-0.2, 0) is 0 Å². The van der Waals surface area contributed by atoms with Gasteiger partial charge in [0.05, 0.1) is 5.56 Å². The maximum absolute atomic E-state index is 13.0. The first kappa shape index (κ1) is 14.7. The molecule has 1 fully saturated rings. The van der Waals surface area contributed by atoms with E-state index in [0.717, 1.165) is 5.69 Å². The fourth-order valence-corrected chi connectivity index (χ4v) is 2.52. The van der Waals surface area contributed by atoms with E-state index in [2.05, 4.69) is 19.9 Å². The third-order valence-corrected chi connectivity index (χ3v) is 3.58. The number of aromatic nitrogens is 4. The van der Waals surface area contributed by atoms with Crippen LogP contribution in [-0.4, -0.2) is 38.7 Å². The highest BCUT2D eigenvalue weighted by atomic mass is 19.4. The Labute approximate surface area is 125 Å². The number of anilines is 1. The molecule has 1 aliphatic heterocycles. The summed E-state index contributed by atoms with van der Waals surface area (Å²) in [6.45, 7) is 2.14. The van der Waals surface area contributed by atoms with Gasteiger partial charge in [-0.25, -0.2) is 19.9 Å². The van der Waals surface area contributed by atoms with Gasteiger partial charge in [-0.3, -0.25) is 0 Å². The van der Waals surface area contributed by atoms with Crippen molar-refractivity contribution in [2.45, 2.75) is 32.0 Å². The van der Waals surface area contributed by atoms with E-state index in [1.54, 1.807) is 12.3 Å². The van der Waals surface area contributed by atoms with Gasteiger partial charge >= 0.3 is 6.18 Å². The number of alkyl halides is 3. The highest BCUT2D eigenvalue weighted by molar-refractivity contribution is 5.53. The first-order chi connectivity index (χ1) is 10.4. The van der Waals surface area contributed by atoms with Crippen molar-refractivity contribution in [2.75, 3.05) is 11.4 Å². The zero-order valence-corrected chi connectivity index (χ0v) is 11.9. The fraction of sp³-hybridized carbons (Fsp3) is 0.429. The molecule has 8 heteroatoms. The lowest BCUT2D eigenvalue weighted by molar-refractivity contribution is -0.146. The van der Waals surface area contributed by atoms with Crippen LogP contribution >= 0.6 is 0 Å². The Morgan fingerprint density at radius 3 is 2.55 bits per heavy atom. The third-order valence-electron chi connectivity index (χ3n) is 3.58. The van der Waals surface area contributed by atoms with Crippen LogP contribution in [0.3, 0.4) is 0 Å². The molecule has 1 atom stereocenters. The van der Waals surface area contributed by atoms with E-state index in [4.69, 9.17) is 0 Å². The van der Waals surface area contributed by atoms with Crippen molar-refractivity contribution in [3.8, 4) is 11.4 Å². The molecule has 0 aromatic carbocycles. The summed E-state index contributed by atoms with van der Waals surface area (Å²) in [5, 5.41) is 0. The first-order valence-electron chi connectivity index (χ1n) is 6.90. The predicted octanol–water partition coefficient (Wildman–Crippen LogP) is 2.77. The zero-order valence-electron chi connectivity index (χ0n) is 11.9. The van der Waals surface area contributed by atoms with E-state index in [-0.39, 0.29) is 12.4 Å². The average molecular weight is 309 g/mol. The monoisotopic (exact) mass is 309 g/mol. The van der Waals surface area contributed by atoms with Gasteiger partial charge in [-0.05, 0) is 25.8 Å². The molecular formula is C14H14F3N5. The van der Waals surface area contributed by atoms with E-state index in [1.807, 2.05) is 6.92 Å². The molecule has 1 unspecified atom stereocenters. The van der Waals surface area contributed by atoms with Crippen LogP contribution < -0.4 is 4.90 Å². The molecule has 116 valence electrons. The topological polar surface area (TPSA) is 54.8 Å². The lowest BCUT2D eigenvalue weighted by Gasteiger charge is -2.26. The standard InChI is InChI=1S/C14H14F3N5/c1-9-4-5-18-12(21-9)10-7-19-13(20-8-10)22-6-2-3-11(22)14(15,16)17/h4-5,7-8,11H,2-3,6H2,1H3.